The van der Waals surface area contributed by atoms with Crippen LogP contribution in [0.5, 0.6) is 0 Å². The van der Waals surface area contributed by atoms with Gasteiger partial charge in [-0.2, -0.15) is 5.26 Å². The van der Waals surface area contributed by atoms with Gasteiger partial charge in [0.25, 0.3) is 11.7 Å². The minimum atomic E-state index is -1.24. The highest BCUT2D eigenvalue weighted by molar-refractivity contribution is 6.52. The molecule has 1 N–H and O–H groups in total. The summed E-state index contributed by atoms with van der Waals surface area (Å²) in [6.07, 6.45) is 0.0923. The predicted molar refractivity (Wildman–Crippen MR) is 66.3 cm³/mol. The lowest BCUT2D eigenvalue weighted by Gasteiger charge is -2.15. The zero-order valence-corrected chi connectivity index (χ0v) is 10.7. The molecule has 21 heavy (non-hydrogen) atoms. The highest BCUT2D eigenvalue weighted by atomic mass is 19.2. The van der Waals surface area contributed by atoms with Crippen LogP contribution in [-0.2, 0) is 9.59 Å². The van der Waals surface area contributed by atoms with Crippen molar-refractivity contribution >= 4 is 23.3 Å². The third kappa shape index (κ3) is 2.72. The summed E-state index contributed by atoms with van der Waals surface area (Å²) in [5, 5.41) is 10.7. The lowest BCUT2D eigenvalue weighted by atomic mass is 10.1. The van der Waals surface area contributed by atoms with E-state index in [0.717, 1.165) is 4.90 Å². The van der Waals surface area contributed by atoms with Gasteiger partial charge in [0.2, 0.25) is 5.91 Å². The van der Waals surface area contributed by atoms with Gasteiger partial charge in [0.05, 0.1) is 23.7 Å². The zero-order chi connectivity index (χ0) is 15.6. The van der Waals surface area contributed by atoms with E-state index in [1.807, 2.05) is 6.07 Å². The Bertz CT molecular complexity index is 682. The first kappa shape index (κ1) is 14.6. The van der Waals surface area contributed by atoms with E-state index in [-0.39, 0.29) is 24.2 Å². The number of halogens is 2. The summed E-state index contributed by atoms with van der Waals surface area (Å²) in [4.78, 5) is 35.8. The number of anilines is 1. The van der Waals surface area contributed by atoms with Gasteiger partial charge in [-0.1, -0.05) is 0 Å². The monoisotopic (exact) mass is 293 g/mol. The fourth-order valence-electron chi connectivity index (χ4n) is 1.90. The van der Waals surface area contributed by atoms with Crippen molar-refractivity contribution in [1.82, 2.24) is 5.32 Å². The molecular formula is C13H9F2N3O3. The molecule has 2 amide bonds. The van der Waals surface area contributed by atoms with Crippen LogP contribution in [0.3, 0.4) is 0 Å². The predicted octanol–water partition coefficient (Wildman–Crippen LogP) is 0.524. The van der Waals surface area contributed by atoms with E-state index in [0.29, 0.717) is 12.1 Å². The second-order valence-electron chi connectivity index (χ2n) is 4.26. The van der Waals surface area contributed by atoms with Crippen LogP contribution in [-0.4, -0.2) is 30.7 Å². The molecule has 6 nitrogen and oxygen atoms in total. The number of fused-ring (bicyclic) bond motifs is 1. The van der Waals surface area contributed by atoms with Gasteiger partial charge >= 0.3 is 0 Å². The fraction of sp³-hybridized carbons (Fsp3) is 0.231. The molecule has 0 aliphatic carbocycles. The summed E-state index contributed by atoms with van der Waals surface area (Å²) < 4.78 is 26.3. The van der Waals surface area contributed by atoms with E-state index in [1.54, 1.807) is 0 Å². The van der Waals surface area contributed by atoms with Gasteiger partial charge in [0.15, 0.2) is 11.6 Å². The Morgan fingerprint density at radius 2 is 1.95 bits per heavy atom. The van der Waals surface area contributed by atoms with Crippen molar-refractivity contribution in [1.29, 1.82) is 5.26 Å². The fourth-order valence-corrected chi connectivity index (χ4v) is 1.90. The number of amides is 2. The summed E-state index contributed by atoms with van der Waals surface area (Å²) in [6.45, 7) is -0.413. The minimum Gasteiger partial charge on any atom is -0.354 e. The smallest absolute Gasteiger partial charge is 0.299 e. The van der Waals surface area contributed by atoms with Crippen LogP contribution >= 0.6 is 0 Å². The van der Waals surface area contributed by atoms with E-state index in [2.05, 4.69) is 5.32 Å². The molecule has 0 saturated carbocycles. The van der Waals surface area contributed by atoms with Crippen LogP contribution in [0.2, 0.25) is 0 Å². The summed E-state index contributed by atoms with van der Waals surface area (Å²) in [5.74, 6) is -5.08. The molecule has 0 unspecified atom stereocenters. The summed E-state index contributed by atoms with van der Waals surface area (Å²) >= 11 is 0. The normalized spacial score (nSPS) is 13.1. The average molecular weight is 293 g/mol. The number of hydrogen-bond donors (Lipinski definition) is 1. The Hall–Kier alpha value is -2.82. The maximum absolute atomic E-state index is 13.2. The first-order valence-electron chi connectivity index (χ1n) is 5.94. The standard InChI is InChI=1S/C13H9F2N3O3/c14-8-4-7-10(5-9(8)15)18(13(21)12(7)20)6-11(19)17-3-1-2-16/h4-5H,1,3,6H2,(H,17,19). The molecule has 108 valence electrons. The summed E-state index contributed by atoms with van der Waals surface area (Å²) in [5.41, 5.74) is -0.414. The molecule has 0 radical (unpaired) electrons. The lowest BCUT2D eigenvalue weighted by Crippen LogP contribution is -2.40. The van der Waals surface area contributed by atoms with Crippen LogP contribution in [0.1, 0.15) is 16.8 Å². The minimum absolute atomic E-state index is 0.0923. The second kappa shape index (κ2) is 5.66. The van der Waals surface area contributed by atoms with Crippen LogP contribution in [0.4, 0.5) is 14.5 Å². The highest BCUT2D eigenvalue weighted by Crippen LogP contribution is 2.30. The zero-order valence-electron chi connectivity index (χ0n) is 10.7. The molecule has 8 heteroatoms. The topological polar surface area (TPSA) is 90.3 Å². The Kier molecular flexibility index (Phi) is 3.93. The van der Waals surface area contributed by atoms with E-state index in [4.69, 9.17) is 5.26 Å². The van der Waals surface area contributed by atoms with Crippen molar-refractivity contribution in [2.45, 2.75) is 6.42 Å². The molecule has 0 aromatic heterocycles. The average Bonchev–Trinajstić information content (AvgIpc) is 2.65. The molecule has 1 aromatic carbocycles. The van der Waals surface area contributed by atoms with E-state index in [9.17, 15) is 23.2 Å². The van der Waals surface area contributed by atoms with Crippen molar-refractivity contribution in [3.05, 3.63) is 29.3 Å². The first-order valence-corrected chi connectivity index (χ1v) is 5.94. The molecule has 0 fully saturated rings. The Labute approximate surface area is 117 Å². The number of nitrogens with zero attached hydrogens (tertiary/aromatic N) is 2. The maximum Gasteiger partial charge on any atom is 0.299 e. The number of carbonyl (C=O) groups excluding carboxylic acids is 3. The third-order valence-electron chi connectivity index (χ3n) is 2.87. The number of nitriles is 1. The largest absolute Gasteiger partial charge is 0.354 e. The SMILES string of the molecule is N#CCCNC(=O)CN1C(=O)C(=O)c2cc(F)c(F)cc21. The van der Waals surface area contributed by atoms with Crippen LogP contribution in [0.15, 0.2) is 12.1 Å². The number of hydrogen-bond acceptors (Lipinski definition) is 4. The van der Waals surface area contributed by atoms with E-state index in [1.165, 1.54) is 0 Å². The number of ketones is 1. The van der Waals surface area contributed by atoms with Gasteiger partial charge in [-0.3, -0.25) is 19.3 Å². The molecule has 1 aliphatic rings. The molecule has 0 saturated heterocycles. The van der Waals surface area contributed by atoms with Gasteiger partial charge in [-0.25, -0.2) is 8.78 Å². The Balaban J connectivity index is 2.21. The molecule has 1 aliphatic heterocycles. The van der Waals surface area contributed by atoms with Gasteiger partial charge in [-0.05, 0) is 6.07 Å². The molecule has 0 spiro atoms. The molecule has 1 heterocycles. The number of nitrogens with one attached hydrogen (secondary N) is 1. The van der Waals surface area contributed by atoms with E-state index < -0.39 is 35.8 Å². The molecule has 1 aromatic rings. The molecule has 2 rings (SSSR count). The highest BCUT2D eigenvalue weighted by Gasteiger charge is 2.37. The van der Waals surface area contributed by atoms with Crippen molar-refractivity contribution in [3.8, 4) is 6.07 Å². The number of rotatable bonds is 4. The number of carbonyl (C=O) groups is 3. The second-order valence-corrected chi connectivity index (χ2v) is 4.26. The van der Waals surface area contributed by atoms with Crippen molar-refractivity contribution in [2.75, 3.05) is 18.0 Å². The van der Waals surface area contributed by atoms with Gasteiger partial charge in [0, 0.05) is 12.6 Å². The van der Waals surface area contributed by atoms with Crippen molar-refractivity contribution < 1.29 is 23.2 Å². The Morgan fingerprint density at radius 1 is 1.29 bits per heavy atom. The van der Waals surface area contributed by atoms with E-state index >= 15 is 0 Å². The van der Waals surface area contributed by atoms with Gasteiger partial charge in [0.1, 0.15) is 6.54 Å². The van der Waals surface area contributed by atoms with Crippen molar-refractivity contribution in [2.24, 2.45) is 0 Å². The first-order chi connectivity index (χ1) is 9.95. The number of benzene rings is 1. The number of Topliss-reactive ketones (excluding diaryl/α,β-unsaturated/α-hetero) is 1. The van der Waals surface area contributed by atoms with Crippen molar-refractivity contribution in [3.63, 3.8) is 0 Å². The summed E-state index contributed by atoms with van der Waals surface area (Å²) in [7, 11) is 0. The Morgan fingerprint density at radius 3 is 2.62 bits per heavy atom. The quantitative estimate of drug-likeness (QED) is 0.647. The molecule has 0 atom stereocenters. The van der Waals surface area contributed by atoms with Gasteiger partial charge < -0.3 is 5.32 Å². The van der Waals surface area contributed by atoms with Crippen LogP contribution in [0.25, 0.3) is 0 Å². The summed E-state index contributed by atoms with van der Waals surface area (Å²) in [6, 6.07) is 3.16. The third-order valence-corrected chi connectivity index (χ3v) is 2.87. The van der Waals surface area contributed by atoms with Gasteiger partial charge in [-0.15, -0.1) is 0 Å². The maximum atomic E-state index is 13.2. The molecule has 0 bridgehead atoms. The lowest BCUT2D eigenvalue weighted by molar-refractivity contribution is -0.122. The van der Waals surface area contributed by atoms with Crippen LogP contribution < -0.4 is 10.2 Å². The van der Waals surface area contributed by atoms with Crippen LogP contribution in [0, 0.1) is 23.0 Å². The molecular weight excluding hydrogens is 284 g/mol.